The van der Waals surface area contributed by atoms with Gasteiger partial charge in [0.05, 0.1) is 0 Å². The van der Waals surface area contributed by atoms with E-state index in [0.29, 0.717) is 0 Å². The van der Waals surface area contributed by atoms with E-state index in [9.17, 15) is 0 Å². The summed E-state index contributed by atoms with van der Waals surface area (Å²) in [6, 6.07) is 0.789. The normalized spacial score (nSPS) is 30.4. The average molecular weight is 212 g/mol. The summed E-state index contributed by atoms with van der Waals surface area (Å²) < 4.78 is 0. The Morgan fingerprint density at radius 3 is 2.67 bits per heavy atom. The van der Waals surface area contributed by atoms with E-state index in [0.717, 1.165) is 31.0 Å². The summed E-state index contributed by atoms with van der Waals surface area (Å²) in [5, 5.41) is 0. The van der Waals surface area contributed by atoms with Crippen molar-refractivity contribution in [1.29, 1.82) is 0 Å². The Hall–Kier alpha value is -0.0800. The van der Waals surface area contributed by atoms with Crippen LogP contribution < -0.4 is 5.73 Å². The number of likely N-dealkylation sites (tertiary alicyclic amines) is 1. The SMILES string of the molecule is CCC1CCN(CCN)[C@H](C(C)CC)C1. The standard InChI is InChI=1S/C13H28N2/c1-4-11(3)13-10-12(5-2)6-8-15(13)9-7-14/h11-13H,4-10,14H2,1-3H3/t11?,12?,13-/m0/s1. The van der Waals surface area contributed by atoms with E-state index >= 15 is 0 Å². The lowest BCUT2D eigenvalue weighted by molar-refractivity contribution is 0.0754. The van der Waals surface area contributed by atoms with Crippen molar-refractivity contribution in [2.45, 2.75) is 52.5 Å². The molecule has 0 aromatic rings. The van der Waals surface area contributed by atoms with Gasteiger partial charge >= 0.3 is 0 Å². The van der Waals surface area contributed by atoms with Crippen LogP contribution in [-0.2, 0) is 0 Å². The number of nitrogens with zero attached hydrogens (tertiary/aromatic N) is 1. The average Bonchev–Trinajstić information content (AvgIpc) is 2.29. The summed E-state index contributed by atoms with van der Waals surface area (Å²) in [6.07, 6.45) is 5.42. The molecular formula is C13H28N2. The van der Waals surface area contributed by atoms with Crippen molar-refractivity contribution in [3.8, 4) is 0 Å². The van der Waals surface area contributed by atoms with Gasteiger partial charge in [0.1, 0.15) is 0 Å². The van der Waals surface area contributed by atoms with Gasteiger partial charge in [-0.05, 0) is 31.2 Å². The van der Waals surface area contributed by atoms with E-state index < -0.39 is 0 Å². The lowest BCUT2D eigenvalue weighted by Crippen LogP contribution is -2.47. The van der Waals surface area contributed by atoms with Crippen LogP contribution in [0.15, 0.2) is 0 Å². The first kappa shape index (κ1) is 13.0. The zero-order valence-electron chi connectivity index (χ0n) is 10.7. The maximum Gasteiger partial charge on any atom is 0.0124 e. The highest BCUT2D eigenvalue weighted by molar-refractivity contribution is 4.84. The molecule has 0 aromatic carbocycles. The van der Waals surface area contributed by atoms with Crippen LogP contribution in [0.3, 0.4) is 0 Å². The number of hydrogen-bond acceptors (Lipinski definition) is 2. The highest BCUT2D eigenvalue weighted by atomic mass is 15.2. The lowest BCUT2D eigenvalue weighted by atomic mass is 9.82. The molecule has 1 fully saturated rings. The largest absolute Gasteiger partial charge is 0.329 e. The second-order valence-electron chi connectivity index (χ2n) is 5.08. The molecule has 1 saturated heterocycles. The monoisotopic (exact) mass is 212 g/mol. The molecule has 1 aliphatic rings. The molecule has 1 heterocycles. The fourth-order valence-corrected chi connectivity index (χ4v) is 2.80. The molecule has 15 heavy (non-hydrogen) atoms. The van der Waals surface area contributed by atoms with Crippen LogP contribution in [-0.4, -0.2) is 30.6 Å². The third-order valence-electron chi connectivity index (χ3n) is 4.16. The molecule has 1 rings (SSSR count). The maximum atomic E-state index is 5.69. The Balaban J connectivity index is 2.55. The smallest absolute Gasteiger partial charge is 0.0124 e. The first-order chi connectivity index (χ1) is 7.22. The number of rotatable bonds is 5. The number of nitrogens with two attached hydrogens (primary N) is 1. The predicted molar refractivity (Wildman–Crippen MR) is 66.9 cm³/mol. The van der Waals surface area contributed by atoms with Crippen LogP contribution in [0, 0.1) is 11.8 Å². The summed E-state index contributed by atoms with van der Waals surface area (Å²) >= 11 is 0. The summed E-state index contributed by atoms with van der Waals surface area (Å²) in [7, 11) is 0. The Bertz CT molecular complexity index is 170. The van der Waals surface area contributed by atoms with Gasteiger partial charge in [-0.1, -0.05) is 33.6 Å². The fraction of sp³-hybridized carbons (Fsp3) is 1.00. The molecule has 2 N–H and O–H groups in total. The molecule has 3 atom stereocenters. The molecule has 2 heteroatoms. The van der Waals surface area contributed by atoms with Crippen LogP contribution in [0.1, 0.15) is 46.5 Å². The van der Waals surface area contributed by atoms with Crippen molar-refractivity contribution in [3.05, 3.63) is 0 Å². The van der Waals surface area contributed by atoms with Gasteiger partial charge in [0.2, 0.25) is 0 Å². The van der Waals surface area contributed by atoms with Gasteiger partial charge in [-0.15, -0.1) is 0 Å². The Morgan fingerprint density at radius 2 is 2.13 bits per heavy atom. The minimum atomic E-state index is 0.789. The molecule has 0 aliphatic carbocycles. The van der Waals surface area contributed by atoms with Crippen molar-refractivity contribution in [2.24, 2.45) is 17.6 Å². The molecule has 0 spiro atoms. The highest BCUT2D eigenvalue weighted by Crippen LogP contribution is 2.30. The zero-order valence-corrected chi connectivity index (χ0v) is 10.7. The van der Waals surface area contributed by atoms with E-state index in [-0.39, 0.29) is 0 Å². The molecule has 2 unspecified atom stereocenters. The summed E-state index contributed by atoms with van der Waals surface area (Å²) in [5.74, 6) is 1.78. The molecule has 0 radical (unpaired) electrons. The predicted octanol–water partition coefficient (Wildman–Crippen LogP) is 2.48. The third kappa shape index (κ3) is 3.46. The van der Waals surface area contributed by atoms with Gasteiger partial charge in [-0.3, -0.25) is 4.90 Å². The Morgan fingerprint density at radius 1 is 1.40 bits per heavy atom. The fourth-order valence-electron chi connectivity index (χ4n) is 2.80. The van der Waals surface area contributed by atoms with Crippen LogP contribution in [0.5, 0.6) is 0 Å². The van der Waals surface area contributed by atoms with E-state index in [1.807, 2.05) is 0 Å². The summed E-state index contributed by atoms with van der Waals surface area (Å²) in [6.45, 7) is 10.2. The second-order valence-corrected chi connectivity index (χ2v) is 5.08. The number of piperidine rings is 1. The molecule has 0 amide bonds. The van der Waals surface area contributed by atoms with E-state index in [1.165, 1.54) is 32.2 Å². The second kappa shape index (κ2) is 6.49. The van der Waals surface area contributed by atoms with Crippen molar-refractivity contribution in [2.75, 3.05) is 19.6 Å². The van der Waals surface area contributed by atoms with E-state index in [4.69, 9.17) is 5.73 Å². The van der Waals surface area contributed by atoms with Crippen LogP contribution in [0.25, 0.3) is 0 Å². The first-order valence-corrected chi connectivity index (χ1v) is 6.67. The molecular weight excluding hydrogens is 184 g/mol. The highest BCUT2D eigenvalue weighted by Gasteiger charge is 2.29. The quantitative estimate of drug-likeness (QED) is 0.758. The minimum absolute atomic E-state index is 0.789. The molecule has 90 valence electrons. The van der Waals surface area contributed by atoms with E-state index in [2.05, 4.69) is 25.7 Å². The summed E-state index contributed by atoms with van der Waals surface area (Å²) in [5.41, 5.74) is 5.69. The van der Waals surface area contributed by atoms with Gasteiger partial charge in [0.15, 0.2) is 0 Å². The topological polar surface area (TPSA) is 29.3 Å². The van der Waals surface area contributed by atoms with Crippen molar-refractivity contribution < 1.29 is 0 Å². The lowest BCUT2D eigenvalue weighted by Gasteiger charge is -2.42. The Kier molecular flexibility index (Phi) is 5.62. The minimum Gasteiger partial charge on any atom is -0.329 e. The Labute approximate surface area is 95.2 Å². The molecule has 1 aliphatic heterocycles. The van der Waals surface area contributed by atoms with Gasteiger partial charge in [-0.25, -0.2) is 0 Å². The van der Waals surface area contributed by atoms with Crippen LogP contribution >= 0.6 is 0 Å². The van der Waals surface area contributed by atoms with Gasteiger partial charge in [-0.2, -0.15) is 0 Å². The molecule has 0 aromatic heterocycles. The van der Waals surface area contributed by atoms with Crippen molar-refractivity contribution in [3.63, 3.8) is 0 Å². The van der Waals surface area contributed by atoms with Crippen molar-refractivity contribution in [1.82, 2.24) is 4.90 Å². The maximum absolute atomic E-state index is 5.69. The van der Waals surface area contributed by atoms with Crippen molar-refractivity contribution >= 4 is 0 Å². The number of hydrogen-bond donors (Lipinski definition) is 1. The molecule has 0 bridgehead atoms. The molecule has 2 nitrogen and oxygen atoms in total. The van der Waals surface area contributed by atoms with E-state index in [1.54, 1.807) is 0 Å². The van der Waals surface area contributed by atoms with Crippen LogP contribution in [0.2, 0.25) is 0 Å². The van der Waals surface area contributed by atoms with Gasteiger partial charge < -0.3 is 5.73 Å². The van der Waals surface area contributed by atoms with Gasteiger partial charge in [0, 0.05) is 19.1 Å². The van der Waals surface area contributed by atoms with Gasteiger partial charge in [0.25, 0.3) is 0 Å². The van der Waals surface area contributed by atoms with Crippen LogP contribution in [0.4, 0.5) is 0 Å². The summed E-state index contributed by atoms with van der Waals surface area (Å²) in [4.78, 5) is 2.63. The first-order valence-electron chi connectivity index (χ1n) is 6.67. The zero-order chi connectivity index (χ0) is 11.3. The third-order valence-corrected chi connectivity index (χ3v) is 4.16. The molecule has 0 saturated carbocycles.